The molecule has 2 heteroatoms. The Balaban J connectivity index is 1.85. The Labute approximate surface area is 111 Å². The van der Waals surface area contributed by atoms with Crippen LogP contribution in [0.2, 0.25) is 0 Å². The molecule has 0 saturated heterocycles. The number of nitrogens with one attached hydrogen (secondary N) is 1. The zero-order chi connectivity index (χ0) is 12.6. The van der Waals surface area contributed by atoms with Gasteiger partial charge in [0.05, 0.1) is 6.26 Å². The minimum Gasteiger partial charge on any atom is -0.469 e. The molecule has 1 aliphatic rings. The van der Waals surface area contributed by atoms with Gasteiger partial charge < -0.3 is 9.73 Å². The highest BCUT2D eigenvalue weighted by Gasteiger charge is 2.21. The third-order valence-electron chi connectivity index (χ3n) is 4.22. The third-order valence-corrected chi connectivity index (χ3v) is 4.22. The number of rotatable bonds is 6. The van der Waals surface area contributed by atoms with E-state index in [1.807, 2.05) is 6.07 Å². The van der Waals surface area contributed by atoms with Gasteiger partial charge in [0, 0.05) is 12.5 Å². The summed E-state index contributed by atoms with van der Waals surface area (Å²) in [5.41, 5.74) is 0. The fourth-order valence-electron chi connectivity index (χ4n) is 3.23. The summed E-state index contributed by atoms with van der Waals surface area (Å²) in [4.78, 5) is 0. The maximum absolute atomic E-state index is 5.45. The van der Waals surface area contributed by atoms with Gasteiger partial charge in [-0.1, -0.05) is 32.6 Å². The van der Waals surface area contributed by atoms with Crippen molar-refractivity contribution in [3.8, 4) is 0 Å². The van der Waals surface area contributed by atoms with E-state index >= 15 is 0 Å². The fourth-order valence-corrected chi connectivity index (χ4v) is 3.23. The molecule has 1 N–H and O–H groups in total. The van der Waals surface area contributed by atoms with E-state index in [0.29, 0.717) is 6.04 Å². The molecule has 2 nitrogen and oxygen atoms in total. The van der Waals surface area contributed by atoms with E-state index in [4.69, 9.17) is 4.42 Å². The normalized spacial score (nSPS) is 19.6. The van der Waals surface area contributed by atoms with Crippen LogP contribution >= 0.6 is 0 Å². The number of hydrogen-bond donors (Lipinski definition) is 1. The van der Waals surface area contributed by atoms with E-state index in [1.165, 1.54) is 44.9 Å². The Bertz CT molecular complexity index is 299. The van der Waals surface area contributed by atoms with Gasteiger partial charge >= 0.3 is 0 Å². The summed E-state index contributed by atoms with van der Waals surface area (Å²) in [6.07, 6.45) is 12.6. The van der Waals surface area contributed by atoms with Crippen LogP contribution in [0.4, 0.5) is 0 Å². The van der Waals surface area contributed by atoms with Crippen molar-refractivity contribution in [2.24, 2.45) is 5.92 Å². The summed E-state index contributed by atoms with van der Waals surface area (Å²) in [6, 6.07) is 4.76. The summed E-state index contributed by atoms with van der Waals surface area (Å²) in [6.45, 7) is 3.30. The van der Waals surface area contributed by atoms with Gasteiger partial charge in [-0.2, -0.15) is 0 Å². The Morgan fingerprint density at radius 3 is 2.67 bits per heavy atom. The minimum atomic E-state index is 0.679. The van der Waals surface area contributed by atoms with Crippen LogP contribution in [0.1, 0.15) is 57.6 Å². The molecule has 1 heterocycles. The van der Waals surface area contributed by atoms with Crippen LogP contribution in [-0.2, 0) is 6.42 Å². The Kier molecular flexibility index (Phi) is 5.79. The first-order valence-electron chi connectivity index (χ1n) is 7.66. The van der Waals surface area contributed by atoms with Crippen LogP contribution in [0.3, 0.4) is 0 Å². The molecule has 0 aromatic carbocycles. The zero-order valence-corrected chi connectivity index (χ0v) is 11.7. The fraction of sp³-hybridized carbons (Fsp3) is 0.750. The molecule has 0 radical (unpaired) electrons. The molecule has 0 amide bonds. The highest BCUT2D eigenvalue weighted by molar-refractivity contribution is 4.99. The standard InChI is InChI=1S/C16H27NO/c1-2-17-16(12-11-15-10-7-13-18-15)14-8-5-3-4-6-9-14/h7,10,13-14,16-17H,2-6,8-9,11-12H2,1H3. The van der Waals surface area contributed by atoms with E-state index < -0.39 is 0 Å². The van der Waals surface area contributed by atoms with Crippen LogP contribution in [0.5, 0.6) is 0 Å². The highest BCUT2D eigenvalue weighted by Crippen LogP contribution is 2.27. The lowest BCUT2D eigenvalue weighted by Crippen LogP contribution is -2.36. The van der Waals surface area contributed by atoms with Gasteiger partial charge in [0.25, 0.3) is 0 Å². The second-order valence-corrected chi connectivity index (χ2v) is 5.53. The van der Waals surface area contributed by atoms with Crippen LogP contribution in [0, 0.1) is 5.92 Å². The maximum atomic E-state index is 5.45. The maximum Gasteiger partial charge on any atom is 0.103 e. The molecule has 0 aliphatic heterocycles. The first kappa shape index (κ1) is 13.7. The van der Waals surface area contributed by atoms with E-state index in [9.17, 15) is 0 Å². The average Bonchev–Trinajstić information content (AvgIpc) is 2.75. The molecule has 1 aromatic rings. The van der Waals surface area contributed by atoms with E-state index in [1.54, 1.807) is 6.26 Å². The van der Waals surface area contributed by atoms with Crippen LogP contribution < -0.4 is 5.32 Å². The molecule has 1 atom stereocenters. The van der Waals surface area contributed by atoms with E-state index in [0.717, 1.165) is 24.6 Å². The monoisotopic (exact) mass is 249 g/mol. The van der Waals surface area contributed by atoms with Crippen molar-refractivity contribution >= 4 is 0 Å². The molecule has 1 aromatic heterocycles. The van der Waals surface area contributed by atoms with Gasteiger partial charge in [0.15, 0.2) is 0 Å². The Morgan fingerprint density at radius 2 is 2.06 bits per heavy atom. The molecule has 18 heavy (non-hydrogen) atoms. The van der Waals surface area contributed by atoms with Gasteiger partial charge in [0.1, 0.15) is 5.76 Å². The molecule has 0 bridgehead atoms. The molecule has 1 saturated carbocycles. The van der Waals surface area contributed by atoms with Gasteiger partial charge in [-0.25, -0.2) is 0 Å². The summed E-state index contributed by atoms with van der Waals surface area (Å²) in [7, 11) is 0. The lowest BCUT2D eigenvalue weighted by Gasteiger charge is -2.26. The van der Waals surface area contributed by atoms with Crippen molar-refractivity contribution in [3.63, 3.8) is 0 Å². The molecule has 2 rings (SSSR count). The third kappa shape index (κ3) is 4.16. The second-order valence-electron chi connectivity index (χ2n) is 5.53. The van der Waals surface area contributed by atoms with Crippen LogP contribution in [0.25, 0.3) is 0 Å². The van der Waals surface area contributed by atoms with Crippen molar-refractivity contribution < 1.29 is 4.42 Å². The first-order valence-corrected chi connectivity index (χ1v) is 7.66. The smallest absolute Gasteiger partial charge is 0.103 e. The predicted molar refractivity (Wildman–Crippen MR) is 75.7 cm³/mol. The summed E-state index contributed by atoms with van der Waals surface area (Å²) >= 11 is 0. The second kappa shape index (κ2) is 7.63. The van der Waals surface area contributed by atoms with Crippen molar-refractivity contribution in [2.75, 3.05) is 6.54 Å². The molecule has 1 aliphatic carbocycles. The SMILES string of the molecule is CCNC(CCc1ccco1)C1CCCCCC1. The van der Waals surface area contributed by atoms with Gasteiger partial charge in [-0.3, -0.25) is 0 Å². The number of hydrogen-bond acceptors (Lipinski definition) is 2. The lowest BCUT2D eigenvalue weighted by atomic mass is 9.88. The van der Waals surface area contributed by atoms with E-state index in [2.05, 4.69) is 18.3 Å². The summed E-state index contributed by atoms with van der Waals surface area (Å²) < 4.78 is 5.45. The van der Waals surface area contributed by atoms with Crippen molar-refractivity contribution in [1.29, 1.82) is 0 Å². The molecule has 102 valence electrons. The molecule has 0 spiro atoms. The largest absolute Gasteiger partial charge is 0.469 e. The number of furan rings is 1. The minimum absolute atomic E-state index is 0.679. The highest BCUT2D eigenvalue weighted by atomic mass is 16.3. The van der Waals surface area contributed by atoms with Gasteiger partial charge in [-0.15, -0.1) is 0 Å². The van der Waals surface area contributed by atoms with Crippen molar-refractivity contribution in [1.82, 2.24) is 5.32 Å². The molecule has 1 fully saturated rings. The quantitative estimate of drug-likeness (QED) is 0.766. The van der Waals surface area contributed by atoms with Gasteiger partial charge in [-0.05, 0) is 43.9 Å². The van der Waals surface area contributed by atoms with Crippen LogP contribution in [-0.4, -0.2) is 12.6 Å². The zero-order valence-electron chi connectivity index (χ0n) is 11.7. The summed E-state index contributed by atoms with van der Waals surface area (Å²) in [5, 5.41) is 3.70. The van der Waals surface area contributed by atoms with Crippen molar-refractivity contribution in [3.05, 3.63) is 24.2 Å². The molecule has 1 unspecified atom stereocenters. The Hall–Kier alpha value is -0.760. The lowest BCUT2D eigenvalue weighted by molar-refractivity contribution is 0.303. The van der Waals surface area contributed by atoms with Crippen LogP contribution in [0.15, 0.2) is 22.8 Å². The first-order chi connectivity index (χ1) is 8.90. The summed E-state index contributed by atoms with van der Waals surface area (Å²) in [5.74, 6) is 2.01. The Morgan fingerprint density at radius 1 is 1.28 bits per heavy atom. The molecular weight excluding hydrogens is 222 g/mol. The van der Waals surface area contributed by atoms with Gasteiger partial charge in [0.2, 0.25) is 0 Å². The van der Waals surface area contributed by atoms with E-state index in [-0.39, 0.29) is 0 Å². The molecular formula is C16H27NO. The predicted octanol–water partition coefficient (Wildman–Crippen LogP) is 4.16. The van der Waals surface area contributed by atoms with Crippen molar-refractivity contribution in [2.45, 2.75) is 64.3 Å². The number of aryl methyl sites for hydroxylation is 1. The topological polar surface area (TPSA) is 25.2 Å². The average molecular weight is 249 g/mol.